The van der Waals surface area contributed by atoms with Gasteiger partial charge in [0.25, 0.3) is 5.56 Å². The zero-order valence-electron chi connectivity index (χ0n) is 16.6. The molecule has 0 amide bonds. The topological polar surface area (TPSA) is 92.7 Å². The molecule has 0 aromatic carbocycles. The lowest BCUT2D eigenvalue weighted by Gasteiger charge is -2.37. The minimum atomic E-state index is -0.139. The van der Waals surface area contributed by atoms with Crippen molar-refractivity contribution in [3.63, 3.8) is 0 Å². The number of anilines is 1. The van der Waals surface area contributed by atoms with Crippen LogP contribution < -0.4 is 15.8 Å². The Bertz CT molecular complexity index is 1270. The second-order valence-electron chi connectivity index (χ2n) is 7.69. The van der Waals surface area contributed by atoms with Crippen LogP contribution in [0.2, 0.25) is 0 Å². The van der Waals surface area contributed by atoms with Crippen LogP contribution in [0.15, 0.2) is 41.3 Å². The van der Waals surface area contributed by atoms with Crippen LogP contribution in [-0.2, 0) is 0 Å². The number of aryl methyl sites for hydroxylation is 1. The molecule has 9 nitrogen and oxygen atoms in total. The Morgan fingerprint density at radius 2 is 1.72 bits per heavy atom. The molecule has 29 heavy (non-hydrogen) atoms. The van der Waals surface area contributed by atoms with Gasteiger partial charge in [0.05, 0.1) is 11.4 Å². The standard InChI is InChI=1S/C20H22N8O/c1-12-9-26(10-13(2)21-12)15-4-6-18-23-17(8-20(29)27(18)11-15)16-5-7-19-22-14(3)24-28(19)25-16/h4-8,11-13,21H,9-10H2,1-3H3/t12-,13-/m1/s1. The average molecular weight is 390 g/mol. The maximum Gasteiger partial charge on any atom is 0.258 e. The number of aromatic nitrogens is 6. The number of nitrogens with zero attached hydrogens (tertiary/aromatic N) is 7. The Morgan fingerprint density at radius 1 is 0.966 bits per heavy atom. The van der Waals surface area contributed by atoms with Crippen molar-refractivity contribution < 1.29 is 0 Å². The molecule has 0 bridgehead atoms. The van der Waals surface area contributed by atoms with Gasteiger partial charge in [-0.05, 0) is 45.0 Å². The van der Waals surface area contributed by atoms with Crippen molar-refractivity contribution in [1.29, 1.82) is 0 Å². The van der Waals surface area contributed by atoms with Crippen LogP contribution in [0.5, 0.6) is 0 Å². The fourth-order valence-corrected chi connectivity index (χ4v) is 3.97. The number of hydrogen-bond donors (Lipinski definition) is 1. The summed E-state index contributed by atoms with van der Waals surface area (Å²) in [6, 6.07) is 9.84. The van der Waals surface area contributed by atoms with Crippen molar-refractivity contribution in [1.82, 2.24) is 34.5 Å². The van der Waals surface area contributed by atoms with Gasteiger partial charge in [0, 0.05) is 37.4 Å². The predicted molar refractivity (Wildman–Crippen MR) is 110 cm³/mol. The van der Waals surface area contributed by atoms with Crippen molar-refractivity contribution in [3.8, 4) is 11.4 Å². The number of pyridine rings is 1. The van der Waals surface area contributed by atoms with E-state index >= 15 is 0 Å². The molecule has 5 rings (SSSR count). The summed E-state index contributed by atoms with van der Waals surface area (Å²) in [6.45, 7) is 7.95. The van der Waals surface area contributed by atoms with E-state index < -0.39 is 0 Å². The molecule has 1 N–H and O–H groups in total. The van der Waals surface area contributed by atoms with Crippen molar-refractivity contribution in [2.45, 2.75) is 32.9 Å². The summed E-state index contributed by atoms with van der Waals surface area (Å²) in [4.78, 5) is 24.1. The highest BCUT2D eigenvalue weighted by Crippen LogP contribution is 2.19. The van der Waals surface area contributed by atoms with E-state index in [2.05, 4.69) is 44.2 Å². The zero-order valence-corrected chi connectivity index (χ0v) is 16.6. The largest absolute Gasteiger partial charge is 0.367 e. The maximum absolute atomic E-state index is 12.8. The molecule has 0 aliphatic carbocycles. The molecule has 0 radical (unpaired) electrons. The Hall–Kier alpha value is -3.33. The van der Waals surface area contributed by atoms with E-state index in [1.165, 1.54) is 10.7 Å². The van der Waals surface area contributed by atoms with Crippen molar-refractivity contribution in [2.75, 3.05) is 18.0 Å². The molecule has 4 aromatic heterocycles. The summed E-state index contributed by atoms with van der Waals surface area (Å²) >= 11 is 0. The summed E-state index contributed by atoms with van der Waals surface area (Å²) in [6.07, 6.45) is 1.87. The summed E-state index contributed by atoms with van der Waals surface area (Å²) in [5, 5.41) is 12.2. The highest BCUT2D eigenvalue weighted by atomic mass is 16.1. The molecule has 5 heterocycles. The molecule has 0 unspecified atom stereocenters. The van der Waals surface area contributed by atoms with Crippen LogP contribution in [0.25, 0.3) is 22.7 Å². The smallest absolute Gasteiger partial charge is 0.258 e. The second kappa shape index (κ2) is 6.63. The lowest BCUT2D eigenvalue weighted by molar-refractivity contribution is 0.407. The molecule has 9 heteroatoms. The van der Waals surface area contributed by atoms with Gasteiger partial charge in [0.15, 0.2) is 5.65 Å². The van der Waals surface area contributed by atoms with Crippen LogP contribution >= 0.6 is 0 Å². The molecule has 2 atom stereocenters. The fourth-order valence-electron chi connectivity index (χ4n) is 3.97. The molecule has 0 saturated carbocycles. The van der Waals surface area contributed by atoms with E-state index in [1.54, 1.807) is 10.5 Å². The third-order valence-corrected chi connectivity index (χ3v) is 5.14. The van der Waals surface area contributed by atoms with Crippen molar-refractivity contribution in [3.05, 3.63) is 52.7 Å². The summed E-state index contributed by atoms with van der Waals surface area (Å²) in [5.74, 6) is 0.644. The highest BCUT2D eigenvalue weighted by Gasteiger charge is 2.21. The lowest BCUT2D eigenvalue weighted by atomic mass is 10.1. The Morgan fingerprint density at radius 3 is 2.52 bits per heavy atom. The summed E-state index contributed by atoms with van der Waals surface area (Å²) in [5.41, 5.74) is 3.22. The van der Waals surface area contributed by atoms with E-state index in [1.807, 2.05) is 31.3 Å². The fraction of sp³-hybridized carbons (Fsp3) is 0.350. The van der Waals surface area contributed by atoms with E-state index in [0.717, 1.165) is 18.8 Å². The first-order valence-electron chi connectivity index (χ1n) is 9.72. The molecule has 148 valence electrons. The van der Waals surface area contributed by atoms with E-state index in [9.17, 15) is 4.79 Å². The summed E-state index contributed by atoms with van der Waals surface area (Å²) in [7, 11) is 0. The quantitative estimate of drug-likeness (QED) is 0.551. The molecule has 1 aliphatic heterocycles. The minimum absolute atomic E-state index is 0.139. The predicted octanol–water partition coefficient (Wildman–Crippen LogP) is 1.29. The van der Waals surface area contributed by atoms with Crippen LogP contribution in [-0.4, -0.2) is 54.4 Å². The molecular formula is C20H22N8O. The Balaban J connectivity index is 1.55. The van der Waals surface area contributed by atoms with Crippen molar-refractivity contribution >= 4 is 17.0 Å². The van der Waals surface area contributed by atoms with Crippen LogP contribution in [0, 0.1) is 6.92 Å². The maximum atomic E-state index is 12.8. The number of fused-ring (bicyclic) bond motifs is 2. The second-order valence-corrected chi connectivity index (χ2v) is 7.69. The molecule has 0 spiro atoms. The monoisotopic (exact) mass is 390 g/mol. The number of hydrogen-bond acceptors (Lipinski definition) is 7. The molecule has 1 saturated heterocycles. The van der Waals surface area contributed by atoms with Crippen LogP contribution in [0.1, 0.15) is 19.7 Å². The van der Waals surface area contributed by atoms with Gasteiger partial charge in [-0.15, -0.1) is 14.8 Å². The van der Waals surface area contributed by atoms with Gasteiger partial charge < -0.3 is 10.2 Å². The van der Waals surface area contributed by atoms with Gasteiger partial charge in [-0.3, -0.25) is 9.20 Å². The highest BCUT2D eigenvalue weighted by molar-refractivity contribution is 5.60. The first kappa shape index (κ1) is 17.7. The number of nitrogens with one attached hydrogen (secondary N) is 1. The first-order valence-corrected chi connectivity index (χ1v) is 9.72. The van der Waals surface area contributed by atoms with Crippen LogP contribution in [0.4, 0.5) is 5.69 Å². The Kier molecular flexibility index (Phi) is 4.06. The number of rotatable bonds is 2. The first-order chi connectivity index (χ1) is 14.0. The average Bonchev–Trinajstić information content (AvgIpc) is 3.06. The SMILES string of the molecule is Cc1nc2ccc(-c3cc(=O)n4cc(N5C[C@@H](C)N[C@H](C)C5)ccc4n3)nn2n1. The number of piperazine rings is 1. The zero-order chi connectivity index (χ0) is 20.1. The molecule has 1 fully saturated rings. The third-order valence-electron chi connectivity index (χ3n) is 5.14. The molecule has 4 aromatic rings. The summed E-state index contributed by atoms with van der Waals surface area (Å²) < 4.78 is 3.05. The van der Waals surface area contributed by atoms with Gasteiger partial charge in [0.1, 0.15) is 17.2 Å². The van der Waals surface area contributed by atoms with Crippen molar-refractivity contribution in [2.24, 2.45) is 0 Å². The van der Waals surface area contributed by atoms with E-state index in [4.69, 9.17) is 0 Å². The molecular weight excluding hydrogens is 368 g/mol. The third kappa shape index (κ3) is 3.23. The normalized spacial score (nSPS) is 19.9. The van der Waals surface area contributed by atoms with E-state index in [-0.39, 0.29) is 5.56 Å². The Labute approximate surface area is 167 Å². The minimum Gasteiger partial charge on any atom is -0.367 e. The van der Waals surface area contributed by atoms with Crippen LogP contribution in [0.3, 0.4) is 0 Å². The van der Waals surface area contributed by atoms with Gasteiger partial charge in [-0.25, -0.2) is 9.97 Å². The van der Waals surface area contributed by atoms with E-state index in [0.29, 0.717) is 40.6 Å². The lowest BCUT2D eigenvalue weighted by Crippen LogP contribution is -2.54. The van der Waals surface area contributed by atoms with Gasteiger partial charge >= 0.3 is 0 Å². The van der Waals surface area contributed by atoms with Gasteiger partial charge in [-0.1, -0.05) is 0 Å². The van der Waals surface area contributed by atoms with Gasteiger partial charge in [0.2, 0.25) is 0 Å². The molecule has 1 aliphatic rings. The van der Waals surface area contributed by atoms with Gasteiger partial charge in [-0.2, -0.15) is 0 Å².